The van der Waals surface area contributed by atoms with Crippen molar-refractivity contribution >= 4 is 41.3 Å². The number of rotatable bonds is 5. The first-order valence-electron chi connectivity index (χ1n) is 6.98. The molecule has 0 aliphatic heterocycles. The van der Waals surface area contributed by atoms with Crippen molar-refractivity contribution in [2.75, 3.05) is 14.2 Å². The molecule has 126 valence electrons. The smallest absolute Gasteiger partial charge is 0.213 e. The zero-order valence-corrected chi connectivity index (χ0v) is 16.9. The first kappa shape index (κ1) is 19.6. The van der Waals surface area contributed by atoms with Crippen LogP contribution in [-0.4, -0.2) is 30.1 Å². The predicted molar refractivity (Wildman–Crippen MR) is 105 cm³/mol. The first-order chi connectivity index (χ1) is 10.6. The summed E-state index contributed by atoms with van der Waals surface area (Å²) in [5, 5.41) is 7.66. The van der Waals surface area contributed by atoms with Crippen molar-refractivity contribution < 1.29 is 4.74 Å². The quantitative estimate of drug-likeness (QED) is 0.419. The maximum atomic E-state index is 5.12. The molecule has 0 aliphatic rings. The van der Waals surface area contributed by atoms with Crippen LogP contribution in [-0.2, 0) is 13.1 Å². The zero-order valence-electron chi connectivity index (χ0n) is 13.7. The maximum absolute atomic E-state index is 5.12. The van der Waals surface area contributed by atoms with Crippen molar-refractivity contribution in [2.45, 2.75) is 26.9 Å². The number of aryl methyl sites for hydroxylation is 2. The normalized spacial score (nSPS) is 10.9. The van der Waals surface area contributed by atoms with Crippen LogP contribution >= 0.6 is 35.3 Å². The number of methoxy groups -OCH3 is 1. The van der Waals surface area contributed by atoms with E-state index < -0.39 is 0 Å². The highest BCUT2D eigenvalue weighted by molar-refractivity contribution is 14.0. The Kier molecular flexibility index (Phi) is 8.24. The van der Waals surface area contributed by atoms with Crippen LogP contribution in [0.1, 0.15) is 21.1 Å². The topological polar surface area (TPSA) is 71.4 Å². The average molecular weight is 447 g/mol. The molecule has 2 heterocycles. The number of aromatic nitrogens is 2. The highest BCUT2D eigenvalue weighted by Gasteiger charge is 2.06. The Bertz CT molecular complexity index is 659. The average Bonchev–Trinajstić information content (AvgIpc) is 2.85. The number of hydrogen-bond acceptors (Lipinski definition) is 5. The van der Waals surface area contributed by atoms with Gasteiger partial charge in [0.1, 0.15) is 0 Å². The molecule has 0 aromatic carbocycles. The van der Waals surface area contributed by atoms with Gasteiger partial charge in [-0.3, -0.25) is 4.99 Å². The van der Waals surface area contributed by atoms with Gasteiger partial charge in [0.05, 0.1) is 24.4 Å². The number of nitrogens with zero attached hydrogens (tertiary/aromatic N) is 3. The maximum Gasteiger partial charge on any atom is 0.213 e. The number of aliphatic imine (C=N–C) groups is 1. The minimum Gasteiger partial charge on any atom is -0.481 e. The molecule has 0 atom stereocenters. The Morgan fingerprint density at radius 1 is 1.30 bits per heavy atom. The van der Waals surface area contributed by atoms with E-state index in [2.05, 4.69) is 25.6 Å². The Labute approximate surface area is 157 Å². The lowest BCUT2D eigenvalue weighted by Crippen LogP contribution is -2.36. The Morgan fingerprint density at radius 3 is 2.65 bits per heavy atom. The third kappa shape index (κ3) is 5.94. The molecule has 8 heteroatoms. The molecule has 2 N–H and O–H groups in total. The minimum atomic E-state index is 0. The van der Waals surface area contributed by atoms with Crippen LogP contribution in [0.15, 0.2) is 23.3 Å². The van der Waals surface area contributed by atoms with Crippen LogP contribution in [0.4, 0.5) is 0 Å². The van der Waals surface area contributed by atoms with E-state index in [1.807, 2.05) is 26.0 Å². The molecule has 6 nitrogen and oxygen atoms in total. The molecule has 0 spiro atoms. The number of thiazole rings is 1. The second-order valence-corrected chi connectivity index (χ2v) is 6.01. The SMILES string of the molecule is CN=C(NCc1ccnc(OC)c1)NCc1sc(C)nc1C.I. The summed E-state index contributed by atoms with van der Waals surface area (Å²) in [6, 6.07) is 3.84. The number of ether oxygens (including phenoxy) is 1. The number of hydrogen-bond donors (Lipinski definition) is 2. The molecule has 2 rings (SSSR count). The van der Waals surface area contributed by atoms with E-state index in [0.717, 1.165) is 28.8 Å². The van der Waals surface area contributed by atoms with Gasteiger partial charge in [0.25, 0.3) is 0 Å². The molecule has 0 unspecified atom stereocenters. The number of halogens is 1. The fourth-order valence-electron chi connectivity index (χ4n) is 1.98. The highest BCUT2D eigenvalue weighted by Crippen LogP contribution is 2.16. The lowest BCUT2D eigenvalue weighted by molar-refractivity contribution is 0.397. The van der Waals surface area contributed by atoms with Crippen molar-refractivity contribution in [3.63, 3.8) is 0 Å². The summed E-state index contributed by atoms with van der Waals surface area (Å²) < 4.78 is 5.12. The predicted octanol–water partition coefficient (Wildman–Crippen LogP) is 2.65. The van der Waals surface area contributed by atoms with Gasteiger partial charge in [0.2, 0.25) is 5.88 Å². The van der Waals surface area contributed by atoms with Gasteiger partial charge in [-0.1, -0.05) is 0 Å². The molecule has 0 radical (unpaired) electrons. The molecular weight excluding hydrogens is 425 g/mol. The van der Waals surface area contributed by atoms with Gasteiger partial charge in [-0.05, 0) is 25.5 Å². The molecule has 2 aromatic heterocycles. The van der Waals surface area contributed by atoms with E-state index in [1.165, 1.54) is 4.88 Å². The van der Waals surface area contributed by atoms with Crippen LogP contribution < -0.4 is 15.4 Å². The summed E-state index contributed by atoms with van der Waals surface area (Å²) >= 11 is 1.71. The second-order valence-electron chi connectivity index (χ2n) is 4.73. The first-order valence-corrected chi connectivity index (χ1v) is 7.80. The van der Waals surface area contributed by atoms with E-state index in [0.29, 0.717) is 12.4 Å². The molecule has 0 fully saturated rings. The van der Waals surface area contributed by atoms with Crippen molar-refractivity contribution in [1.82, 2.24) is 20.6 Å². The van der Waals surface area contributed by atoms with Crippen LogP contribution in [0.3, 0.4) is 0 Å². The van der Waals surface area contributed by atoms with Crippen molar-refractivity contribution in [3.05, 3.63) is 39.5 Å². The number of pyridine rings is 1. The monoisotopic (exact) mass is 447 g/mol. The molecule has 0 saturated heterocycles. The fraction of sp³-hybridized carbons (Fsp3) is 0.400. The Morgan fingerprint density at radius 2 is 2.04 bits per heavy atom. The largest absolute Gasteiger partial charge is 0.481 e. The Balaban J connectivity index is 0.00000264. The summed E-state index contributed by atoms with van der Waals surface area (Å²) in [6.45, 7) is 5.42. The minimum absolute atomic E-state index is 0. The van der Waals surface area contributed by atoms with E-state index in [4.69, 9.17) is 4.74 Å². The number of guanidine groups is 1. The van der Waals surface area contributed by atoms with E-state index in [9.17, 15) is 0 Å². The van der Waals surface area contributed by atoms with Gasteiger partial charge in [-0.2, -0.15) is 0 Å². The lowest BCUT2D eigenvalue weighted by Gasteiger charge is -2.11. The molecule has 0 bridgehead atoms. The third-order valence-electron chi connectivity index (χ3n) is 3.11. The molecule has 2 aromatic rings. The Hall–Kier alpha value is -1.42. The summed E-state index contributed by atoms with van der Waals surface area (Å²) in [4.78, 5) is 14.0. The molecule has 23 heavy (non-hydrogen) atoms. The van der Waals surface area contributed by atoms with Crippen molar-refractivity contribution in [1.29, 1.82) is 0 Å². The highest BCUT2D eigenvalue weighted by atomic mass is 127. The fourth-order valence-corrected chi connectivity index (χ4v) is 2.86. The van der Waals surface area contributed by atoms with E-state index in [1.54, 1.807) is 31.7 Å². The molecular formula is C15H22IN5OS. The summed E-state index contributed by atoms with van der Waals surface area (Å²) in [5.41, 5.74) is 2.16. The van der Waals surface area contributed by atoms with Gasteiger partial charge >= 0.3 is 0 Å². The summed E-state index contributed by atoms with van der Waals surface area (Å²) in [7, 11) is 3.37. The van der Waals surface area contributed by atoms with Gasteiger partial charge in [-0.15, -0.1) is 35.3 Å². The summed E-state index contributed by atoms with van der Waals surface area (Å²) in [5.74, 6) is 1.36. The van der Waals surface area contributed by atoms with E-state index >= 15 is 0 Å². The van der Waals surface area contributed by atoms with Gasteiger partial charge in [-0.25, -0.2) is 9.97 Å². The van der Waals surface area contributed by atoms with E-state index in [-0.39, 0.29) is 24.0 Å². The van der Waals surface area contributed by atoms with Crippen LogP contribution in [0, 0.1) is 13.8 Å². The molecule has 0 aliphatic carbocycles. The van der Waals surface area contributed by atoms with Crippen LogP contribution in [0.25, 0.3) is 0 Å². The van der Waals surface area contributed by atoms with Crippen LogP contribution in [0.2, 0.25) is 0 Å². The van der Waals surface area contributed by atoms with Crippen molar-refractivity contribution in [3.8, 4) is 5.88 Å². The van der Waals surface area contributed by atoms with Gasteiger partial charge in [0, 0.05) is 30.7 Å². The van der Waals surface area contributed by atoms with Crippen molar-refractivity contribution in [2.24, 2.45) is 4.99 Å². The zero-order chi connectivity index (χ0) is 15.9. The summed E-state index contributed by atoms with van der Waals surface area (Å²) in [6.07, 6.45) is 1.73. The molecule has 0 amide bonds. The third-order valence-corrected chi connectivity index (χ3v) is 4.18. The molecule has 0 saturated carbocycles. The number of nitrogens with one attached hydrogen (secondary N) is 2. The lowest BCUT2D eigenvalue weighted by atomic mass is 10.2. The van der Waals surface area contributed by atoms with Crippen LogP contribution in [0.5, 0.6) is 5.88 Å². The van der Waals surface area contributed by atoms with Gasteiger partial charge < -0.3 is 15.4 Å². The van der Waals surface area contributed by atoms with Gasteiger partial charge in [0.15, 0.2) is 5.96 Å². The second kappa shape index (κ2) is 9.66. The standard InChI is InChI=1S/C15H21N5OS.HI/c1-10-13(22-11(2)20-10)9-19-15(16-3)18-8-12-5-6-17-14(7-12)21-4;/h5-7H,8-9H2,1-4H3,(H2,16,18,19);1H.